The number of nitrogens with one attached hydrogen (secondary N) is 2. The van der Waals surface area contributed by atoms with Gasteiger partial charge in [0.1, 0.15) is 17.9 Å². The quantitative estimate of drug-likeness (QED) is 0.328. The summed E-state index contributed by atoms with van der Waals surface area (Å²) in [5.74, 6) is 0.978. The number of halogens is 1. The third-order valence-corrected chi connectivity index (χ3v) is 9.02. The average Bonchev–Trinajstić information content (AvgIpc) is 2.76. The third kappa shape index (κ3) is 6.54. The van der Waals surface area contributed by atoms with Crippen molar-refractivity contribution in [2.75, 3.05) is 24.0 Å². The maximum Gasteiger partial charge on any atom is 0.229 e. The Kier molecular flexibility index (Phi) is 8.14. The highest BCUT2D eigenvalue weighted by molar-refractivity contribution is 7.92. The van der Waals surface area contributed by atoms with Gasteiger partial charge in [0.05, 0.1) is 33.8 Å². The number of anilines is 4. The first-order chi connectivity index (χ1) is 16.3. The Morgan fingerprint density at radius 1 is 1.00 bits per heavy atom. The van der Waals surface area contributed by atoms with E-state index in [4.69, 9.17) is 16.3 Å². The number of para-hydroxylation sites is 1. The predicted octanol–water partition coefficient (Wildman–Crippen LogP) is 5.83. The van der Waals surface area contributed by atoms with Gasteiger partial charge in [-0.1, -0.05) is 23.7 Å². The van der Waals surface area contributed by atoms with Crippen LogP contribution in [0.1, 0.15) is 27.7 Å². The summed E-state index contributed by atoms with van der Waals surface area (Å²) in [6, 6.07) is 11.9. The van der Waals surface area contributed by atoms with Gasteiger partial charge in [0.2, 0.25) is 5.95 Å². The molecule has 2 N–H and O–H groups in total. The summed E-state index contributed by atoms with van der Waals surface area (Å²) in [5.41, 5.74) is 0.953. The van der Waals surface area contributed by atoms with Crippen LogP contribution >= 0.6 is 18.7 Å². The van der Waals surface area contributed by atoms with Crippen LogP contribution in [0.15, 0.2) is 53.6 Å². The Balaban J connectivity index is 1.97. The minimum atomic E-state index is -3.54. The van der Waals surface area contributed by atoms with Crippen LogP contribution in [0.3, 0.4) is 0 Å². The molecule has 0 bridgehead atoms. The maximum absolute atomic E-state index is 12.8. The molecular weight excluding hydrogens is 507 g/mol. The molecular formula is C24H30ClN4O4PS. The summed E-state index contributed by atoms with van der Waals surface area (Å²) in [6.45, 7) is 10.5. The van der Waals surface area contributed by atoms with Gasteiger partial charge < -0.3 is 19.9 Å². The fourth-order valence-electron chi connectivity index (χ4n) is 3.14. The molecule has 0 saturated carbocycles. The summed E-state index contributed by atoms with van der Waals surface area (Å²) in [7, 11) is -6.02. The molecule has 1 heterocycles. The van der Waals surface area contributed by atoms with E-state index >= 15 is 0 Å². The lowest BCUT2D eigenvalue weighted by atomic mass is 10.3. The molecule has 0 radical (unpaired) electrons. The Labute approximate surface area is 211 Å². The molecule has 0 saturated heterocycles. The zero-order valence-corrected chi connectivity index (χ0v) is 23.0. The van der Waals surface area contributed by atoms with Crippen molar-refractivity contribution < 1.29 is 17.7 Å². The molecule has 0 amide bonds. The molecule has 8 nitrogen and oxygen atoms in total. The van der Waals surface area contributed by atoms with Crippen molar-refractivity contribution in [2.45, 2.75) is 43.9 Å². The molecule has 11 heteroatoms. The fourth-order valence-corrected chi connectivity index (χ4v) is 5.34. The molecule has 0 spiro atoms. The summed E-state index contributed by atoms with van der Waals surface area (Å²) < 4.78 is 44.1. The number of sulfone groups is 1. The van der Waals surface area contributed by atoms with Crippen molar-refractivity contribution in [1.29, 1.82) is 0 Å². The van der Waals surface area contributed by atoms with E-state index in [1.807, 2.05) is 13.8 Å². The minimum Gasteiger partial charge on any atom is -0.489 e. The first-order valence-corrected chi connectivity index (χ1v) is 15.6. The van der Waals surface area contributed by atoms with E-state index in [1.165, 1.54) is 6.20 Å². The minimum absolute atomic E-state index is 0.110. The Bertz CT molecular complexity index is 1370. The maximum atomic E-state index is 12.8. The Morgan fingerprint density at radius 3 is 2.31 bits per heavy atom. The molecule has 0 fully saturated rings. The van der Waals surface area contributed by atoms with Crippen LogP contribution in [0.2, 0.25) is 5.02 Å². The van der Waals surface area contributed by atoms with E-state index in [2.05, 4.69) is 20.6 Å². The van der Waals surface area contributed by atoms with Crippen molar-refractivity contribution in [3.63, 3.8) is 0 Å². The second kappa shape index (κ2) is 10.6. The first kappa shape index (κ1) is 27.0. The number of hydrogen-bond donors (Lipinski definition) is 2. The monoisotopic (exact) mass is 536 g/mol. The topological polar surface area (TPSA) is 110 Å². The molecule has 188 valence electrons. The van der Waals surface area contributed by atoms with Crippen LogP contribution < -0.4 is 20.7 Å². The van der Waals surface area contributed by atoms with Crippen LogP contribution in [0.4, 0.5) is 23.1 Å². The van der Waals surface area contributed by atoms with Crippen LogP contribution in [0.5, 0.6) is 5.75 Å². The highest BCUT2D eigenvalue weighted by atomic mass is 35.5. The Hall–Kier alpha value is -2.61. The van der Waals surface area contributed by atoms with E-state index in [9.17, 15) is 13.0 Å². The van der Waals surface area contributed by atoms with E-state index < -0.39 is 22.2 Å². The van der Waals surface area contributed by atoms with Gasteiger partial charge in [-0.15, -0.1) is 0 Å². The summed E-state index contributed by atoms with van der Waals surface area (Å²) >= 11 is 6.33. The molecule has 0 aliphatic heterocycles. The van der Waals surface area contributed by atoms with Gasteiger partial charge in [0.25, 0.3) is 0 Å². The number of benzene rings is 2. The van der Waals surface area contributed by atoms with Gasteiger partial charge in [-0.25, -0.2) is 13.4 Å². The van der Waals surface area contributed by atoms with E-state index in [-0.39, 0.29) is 27.8 Å². The van der Waals surface area contributed by atoms with Gasteiger partial charge in [0, 0.05) is 5.30 Å². The number of hydrogen-bond acceptors (Lipinski definition) is 8. The van der Waals surface area contributed by atoms with Crippen LogP contribution in [0.25, 0.3) is 0 Å². The lowest BCUT2D eigenvalue weighted by Crippen LogP contribution is -2.15. The summed E-state index contributed by atoms with van der Waals surface area (Å²) in [4.78, 5) is 8.85. The molecule has 1 aromatic heterocycles. The second-order valence-electron chi connectivity index (χ2n) is 8.93. The van der Waals surface area contributed by atoms with E-state index in [0.717, 1.165) is 0 Å². The third-order valence-electron chi connectivity index (χ3n) is 5.01. The van der Waals surface area contributed by atoms with Crippen LogP contribution in [-0.2, 0) is 14.4 Å². The fraction of sp³-hybridized carbons (Fsp3) is 0.333. The SMILES string of the molecule is CC(C)Oc1cc(P(C)(C)=O)ccc1Nc1ncc(Cl)c(Nc2ccccc2S(=O)(=O)C(C)C)n1. The average molecular weight is 537 g/mol. The van der Waals surface area contributed by atoms with E-state index in [0.29, 0.717) is 22.4 Å². The molecule has 3 aromatic rings. The van der Waals surface area contributed by atoms with Crippen molar-refractivity contribution in [3.05, 3.63) is 53.7 Å². The van der Waals surface area contributed by atoms with Gasteiger partial charge >= 0.3 is 0 Å². The molecule has 0 aliphatic carbocycles. The lowest BCUT2D eigenvalue weighted by molar-refractivity contribution is 0.244. The lowest BCUT2D eigenvalue weighted by Gasteiger charge is -2.18. The molecule has 35 heavy (non-hydrogen) atoms. The zero-order valence-electron chi connectivity index (χ0n) is 20.5. The molecule has 3 rings (SSSR count). The number of rotatable bonds is 9. The smallest absolute Gasteiger partial charge is 0.229 e. The highest BCUT2D eigenvalue weighted by Crippen LogP contribution is 2.38. The summed E-state index contributed by atoms with van der Waals surface area (Å²) in [6.07, 6.45) is 1.31. The van der Waals surface area contributed by atoms with Gasteiger partial charge in [-0.3, -0.25) is 0 Å². The highest BCUT2D eigenvalue weighted by Gasteiger charge is 2.23. The molecule has 0 atom stereocenters. The largest absolute Gasteiger partial charge is 0.489 e. The normalized spacial score (nSPS) is 12.1. The van der Waals surface area contributed by atoms with Gasteiger partial charge in [-0.05, 0) is 71.4 Å². The number of aromatic nitrogens is 2. The van der Waals surface area contributed by atoms with Gasteiger partial charge in [-0.2, -0.15) is 4.98 Å². The van der Waals surface area contributed by atoms with E-state index in [1.54, 1.807) is 69.6 Å². The van der Waals surface area contributed by atoms with Crippen molar-refractivity contribution in [2.24, 2.45) is 0 Å². The van der Waals surface area contributed by atoms with Gasteiger partial charge in [0.15, 0.2) is 15.7 Å². The molecule has 0 unspecified atom stereocenters. The molecule has 2 aromatic carbocycles. The predicted molar refractivity (Wildman–Crippen MR) is 144 cm³/mol. The Morgan fingerprint density at radius 2 is 1.69 bits per heavy atom. The molecule has 0 aliphatic rings. The van der Waals surface area contributed by atoms with Crippen LogP contribution in [0, 0.1) is 0 Å². The second-order valence-corrected chi connectivity index (χ2v) is 15.0. The number of ether oxygens (including phenoxy) is 1. The standard InChI is InChI=1S/C24H30ClN4O4PS/c1-15(2)33-21-13-17(34(5,6)30)11-12-19(21)28-24-26-14-18(25)23(29-24)27-20-9-7-8-10-22(20)35(31,32)16(3)4/h7-16H,1-6H3,(H2,26,27,28,29). The van der Waals surface area contributed by atoms with Crippen LogP contribution in [-0.4, -0.2) is 43.1 Å². The van der Waals surface area contributed by atoms with Crippen molar-refractivity contribution in [1.82, 2.24) is 9.97 Å². The summed E-state index contributed by atoms with van der Waals surface area (Å²) in [5, 5.41) is 6.48. The van der Waals surface area contributed by atoms with Crippen molar-refractivity contribution >= 4 is 57.0 Å². The zero-order chi connectivity index (χ0) is 26.0. The first-order valence-electron chi connectivity index (χ1n) is 11.0. The number of nitrogens with zero attached hydrogens (tertiary/aromatic N) is 2. The van der Waals surface area contributed by atoms with Crippen molar-refractivity contribution in [3.8, 4) is 5.75 Å².